The van der Waals surface area contributed by atoms with Crippen LogP contribution in [-0.4, -0.2) is 52.4 Å². The fraction of sp³-hybridized carbons (Fsp3) is 0.800. The van der Waals surface area contributed by atoms with Crippen molar-refractivity contribution in [2.24, 2.45) is 0 Å². The molecule has 0 bridgehead atoms. The lowest BCUT2D eigenvalue weighted by Gasteiger charge is -2.27. The summed E-state index contributed by atoms with van der Waals surface area (Å²) in [6.45, 7) is 8.77. The lowest BCUT2D eigenvalue weighted by molar-refractivity contribution is 0.231. The molecule has 0 amide bonds. The minimum Gasteiger partial charge on any atom is -0.316 e. The molecule has 0 aromatic carbocycles. The summed E-state index contributed by atoms with van der Waals surface area (Å²) < 4.78 is 2.15. The zero-order valence-electron chi connectivity index (χ0n) is 9.32. The van der Waals surface area contributed by atoms with Gasteiger partial charge in [0.25, 0.3) is 0 Å². The maximum absolute atomic E-state index is 4.08. The van der Waals surface area contributed by atoms with E-state index >= 15 is 0 Å². The van der Waals surface area contributed by atoms with Crippen LogP contribution in [0.5, 0.6) is 0 Å². The van der Waals surface area contributed by atoms with Crippen LogP contribution in [0, 0.1) is 0 Å². The molecular formula is C10H19N5. The molecule has 0 atom stereocenters. The molecule has 84 valence electrons. The van der Waals surface area contributed by atoms with E-state index in [1.54, 1.807) is 0 Å². The van der Waals surface area contributed by atoms with Crippen molar-refractivity contribution in [1.82, 2.24) is 25.0 Å². The van der Waals surface area contributed by atoms with Gasteiger partial charge in [0, 0.05) is 45.7 Å². The van der Waals surface area contributed by atoms with E-state index in [1.807, 2.05) is 6.33 Å². The molecule has 0 unspecified atom stereocenters. The van der Waals surface area contributed by atoms with Crippen molar-refractivity contribution in [3.8, 4) is 0 Å². The first kappa shape index (κ1) is 10.6. The van der Waals surface area contributed by atoms with Gasteiger partial charge in [-0.25, -0.2) is 0 Å². The van der Waals surface area contributed by atoms with Gasteiger partial charge in [-0.3, -0.25) is 4.90 Å². The number of piperazine rings is 1. The van der Waals surface area contributed by atoms with Gasteiger partial charge < -0.3 is 9.88 Å². The average molecular weight is 209 g/mol. The molecule has 0 aliphatic carbocycles. The summed E-state index contributed by atoms with van der Waals surface area (Å²) in [5.74, 6) is 1.09. The van der Waals surface area contributed by atoms with E-state index in [2.05, 4.69) is 31.9 Å². The molecule has 1 N–H and O–H groups in total. The number of nitrogens with one attached hydrogen (secondary N) is 1. The van der Waals surface area contributed by atoms with Gasteiger partial charge in [0.1, 0.15) is 12.2 Å². The van der Waals surface area contributed by atoms with E-state index in [-0.39, 0.29) is 0 Å². The summed E-state index contributed by atoms with van der Waals surface area (Å²) in [6, 6.07) is 0. The van der Waals surface area contributed by atoms with Crippen LogP contribution < -0.4 is 5.32 Å². The molecule has 0 radical (unpaired) electrons. The van der Waals surface area contributed by atoms with E-state index in [0.29, 0.717) is 0 Å². The van der Waals surface area contributed by atoms with Gasteiger partial charge in [0.2, 0.25) is 0 Å². The van der Waals surface area contributed by atoms with Gasteiger partial charge in [-0.05, 0) is 0 Å². The third-order valence-electron chi connectivity index (χ3n) is 2.88. The summed E-state index contributed by atoms with van der Waals surface area (Å²) in [6.07, 6.45) is 2.79. The van der Waals surface area contributed by atoms with Gasteiger partial charge in [0.05, 0.1) is 0 Å². The van der Waals surface area contributed by atoms with Crippen LogP contribution in [0.3, 0.4) is 0 Å². The monoisotopic (exact) mass is 209 g/mol. The van der Waals surface area contributed by atoms with Crippen LogP contribution in [0.4, 0.5) is 0 Å². The number of hydrogen-bond acceptors (Lipinski definition) is 4. The Kier molecular flexibility index (Phi) is 3.69. The maximum Gasteiger partial charge on any atom is 0.132 e. The van der Waals surface area contributed by atoms with Crippen molar-refractivity contribution in [1.29, 1.82) is 0 Å². The van der Waals surface area contributed by atoms with Gasteiger partial charge >= 0.3 is 0 Å². The van der Waals surface area contributed by atoms with Gasteiger partial charge in [-0.2, -0.15) is 0 Å². The smallest absolute Gasteiger partial charge is 0.132 e. The number of hydrogen-bond donors (Lipinski definition) is 1. The fourth-order valence-electron chi connectivity index (χ4n) is 1.92. The first-order valence-electron chi connectivity index (χ1n) is 5.70. The molecule has 0 saturated carbocycles. The molecule has 1 aromatic rings. The minimum atomic E-state index is 0.960. The van der Waals surface area contributed by atoms with Crippen molar-refractivity contribution in [2.75, 3.05) is 32.7 Å². The van der Waals surface area contributed by atoms with E-state index in [4.69, 9.17) is 0 Å². The Morgan fingerprint density at radius 1 is 1.33 bits per heavy atom. The highest BCUT2D eigenvalue weighted by Crippen LogP contribution is 1.98. The predicted molar refractivity (Wildman–Crippen MR) is 58.7 cm³/mol. The second kappa shape index (κ2) is 5.23. The van der Waals surface area contributed by atoms with Crippen LogP contribution in [-0.2, 0) is 13.0 Å². The molecule has 1 aromatic heterocycles. The number of aromatic nitrogens is 3. The van der Waals surface area contributed by atoms with E-state index in [0.717, 1.165) is 51.5 Å². The number of aryl methyl sites for hydroxylation is 1. The van der Waals surface area contributed by atoms with Gasteiger partial charge in [0.15, 0.2) is 0 Å². The number of rotatable bonds is 4. The third-order valence-corrected chi connectivity index (χ3v) is 2.88. The molecule has 5 nitrogen and oxygen atoms in total. The normalized spacial score (nSPS) is 18.2. The molecule has 15 heavy (non-hydrogen) atoms. The number of nitrogens with zero attached hydrogens (tertiary/aromatic N) is 4. The van der Waals surface area contributed by atoms with Gasteiger partial charge in [-0.15, -0.1) is 10.2 Å². The largest absolute Gasteiger partial charge is 0.316 e. The lowest BCUT2D eigenvalue weighted by atomic mass is 10.3. The van der Waals surface area contributed by atoms with Crippen LogP contribution in [0.2, 0.25) is 0 Å². The molecule has 2 rings (SSSR count). The van der Waals surface area contributed by atoms with Crippen LogP contribution in [0.15, 0.2) is 6.33 Å². The van der Waals surface area contributed by atoms with E-state index in [9.17, 15) is 0 Å². The molecule has 5 heteroatoms. The summed E-state index contributed by atoms with van der Waals surface area (Å²) in [5, 5.41) is 11.4. The Morgan fingerprint density at radius 3 is 2.87 bits per heavy atom. The fourth-order valence-corrected chi connectivity index (χ4v) is 1.92. The molecule has 1 saturated heterocycles. The quantitative estimate of drug-likeness (QED) is 0.742. The Balaban J connectivity index is 1.81. The van der Waals surface area contributed by atoms with E-state index in [1.165, 1.54) is 0 Å². The minimum absolute atomic E-state index is 0.960. The van der Waals surface area contributed by atoms with Crippen molar-refractivity contribution < 1.29 is 0 Å². The van der Waals surface area contributed by atoms with E-state index < -0.39 is 0 Å². The van der Waals surface area contributed by atoms with Crippen molar-refractivity contribution in [3.63, 3.8) is 0 Å². The summed E-state index contributed by atoms with van der Waals surface area (Å²) in [5.41, 5.74) is 0. The first-order valence-corrected chi connectivity index (χ1v) is 5.70. The Labute approximate surface area is 90.5 Å². The topological polar surface area (TPSA) is 46.0 Å². The van der Waals surface area contributed by atoms with Crippen molar-refractivity contribution in [2.45, 2.75) is 19.9 Å². The Morgan fingerprint density at radius 2 is 2.13 bits per heavy atom. The van der Waals surface area contributed by atoms with Crippen LogP contribution in [0.25, 0.3) is 0 Å². The summed E-state index contributed by atoms with van der Waals surface area (Å²) >= 11 is 0. The zero-order valence-corrected chi connectivity index (χ0v) is 9.32. The predicted octanol–water partition coefficient (Wildman–Crippen LogP) is -0.254. The summed E-state index contributed by atoms with van der Waals surface area (Å²) in [7, 11) is 0. The standard InChI is InChI=1S/C10H19N5/c1-2-10-13-12-9-15(10)8-7-14-5-3-11-4-6-14/h9,11H,2-8H2,1H3. The molecule has 1 aliphatic rings. The second-order valence-corrected chi connectivity index (χ2v) is 3.89. The van der Waals surface area contributed by atoms with Crippen LogP contribution >= 0.6 is 0 Å². The second-order valence-electron chi connectivity index (χ2n) is 3.89. The first-order chi connectivity index (χ1) is 7.40. The molecule has 0 spiro atoms. The Hall–Kier alpha value is -0.940. The highest BCUT2D eigenvalue weighted by Gasteiger charge is 2.09. The summed E-state index contributed by atoms with van der Waals surface area (Å²) in [4.78, 5) is 2.48. The van der Waals surface area contributed by atoms with Crippen molar-refractivity contribution >= 4 is 0 Å². The SMILES string of the molecule is CCc1nncn1CCN1CCNCC1. The maximum atomic E-state index is 4.08. The Bertz CT molecular complexity index is 290. The molecular weight excluding hydrogens is 190 g/mol. The highest BCUT2D eigenvalue weighted by atomic mass is 15.3. The van der Waals surface area contributed by atoms with Gasteiger partial charge in [-0.1, -0.05) is 6.92 Å². The van der Waals surface area contributed by atoms with Crippen LogP contribution in [0.1, 0.15) is 12.7 Å². The van der Waals surface area contributed by atoms with Crippen molar-refractivity contribution in [3.05, 3.63) is 12.2 Å². The zero-order chi connectivity index (χ0) is 10.5. The lowest BCUT2D eigenvalue weighted by Crippen LogP contribution is -2.44. The molecule has 2 heterocycles. The third kappa shape index (κ3) is 2.76. The molecule has 1 aliphatic heterocycles. The molecule has 1 fully saturated rings. The highest BCUT2D eigenvalue weighted by molar-refractivity contribution is 4.84. The average Bonchev–Trinajstić information content (AvgIpc) is 2.75.